The van der Waals surface area contributed by atoms with E-state index < -0.39 is 17.5 Å². The fourth-order valence-corrected chi connectivity index (χ4v) is 1.43. The smallest absolute Gasteiger partial charge is 0.159 e. The number of nitrogen functional groups attached to an aromatic ring is 1. The molecular weight excluding hydrogens is 215 g/mol. The van der Waals surface area contributed by atoms with Gasteiger partial charge in [-0.1, -0.05) is 6.07 Å². The van der Waals surface area contributed by atoms with E-state index in [1.54, 1.807) is 0 Å². The van der Waals surface area contributed by atoms with Gasteiger partial charge >= 0.3 is 0 Å². The second-order valence-corrected chi connectivity index (χ2v) is 3.37. The van der Waals surface area contributed by atoms with Crippen LogP contribution in [0.2, 0.25) is 0 Å². The third-order valence-corrected chi connectivity index (χ3v) is 2.22. The quantitative estimate of drug-likeness (QED) is 0.737. The largest absolute Gasteiger partial charge is 0.399 e. The molecule has 0 fully saturated rings. The topological polar surface area (TPSA) is 26.0 Å². The van der Waals surface area contributed by atoms with Crippen molar-refractivity contribution in [3.8, 4) is 11.1 Å². The van der Waals surface area contributed by atoms with E-state index in [0.717, 1.165) is 18.2 Å². The maximum absolute atomic E-state index is 13.5. The van der Waals surface area contributed by atoms with E-state index in [4.69, 9.17) is 5.73 Å². The fourth-order valence-electron chi connectivity index (χ4n) is 1.43. The van der Waals surface area contributed by atoms with Gasteiger partial charge in [0.2, 0.25) is 0 Å². The van der Waals surface area contributed by atoms with Gasteiger partial charge in [-0.3, -0.25) is 0 Å². The Morgan fingerprint density at radius 3 is 2.12 bits per heavy atom. The average Bonchev–Trinajstić information content (AvgIpc) is 2.22. The summed E-state index contributed by atoms with van der Waals surface area (Å²) < 4.78 is 39.1. The Labute approximate surface area is 90.3 Å². The van der Waals surface area contributed by atoms with Crippen LogP contribution in [0.5, 0.6) is 0 Å². The lowest BCUT2D eigenvalue weighted by atomic mass is 10.0. The van der Waals surface area contributed by atoms with E-state index in [1.807, 2.05) is 0 Å². The SMILES string of the molecule is Nc1ccc(-c2ccc(F)c(F)c2)c(F)c1. The Hall–Kier alpha value is -1.97. The molecule has 0 saturated carbocycles. The van der Waals surface area contributed by atoms with E-state index in [-0.39, 0.29) is 16.8 Å². The molecule has 2 N–H and O–H groups in total. The number of benzene rings is 2. The van der Waals surface area contributed by atoms with Crippen molar-refractivity contribution in [2.24, 2.45) is 0 Å². The van der Waals surface area contributed by atoms with Crippen LogP contribution in [0, 0.1) is 17.5 Å². The van der Waals surface area contributed by atoms with Crippen molar-refractivity contribution in [1.29, 1.82) is 0 Å². The van der Waals surface area contributed by atoms with Crippen LogP contribution in [0.4, 0.5) is 18.9 Å². The van der Waals surface area contributed by atoms with E-state index in [1.165, 1.54) is 18.2 Å². The molecule has 0 bridgehead atoms. The van der Waals surface area contributed by atoms with Crippen molar-refractivity contribution in [2.75, 3.05) is 5.73 Å². The van der Waals surface area contributed by atoms with Crippen LogP contribution in [0.3, 0.4) is 0 Å². The van der Waals surface area contributed by atoms with Crippen molar-refractivity contribution < 1.29 is 13.2 Å². The summed E-state index contributed by atoms with van der Waals surface area (Å²) in [5.41, 5.74) is 6.13. The number of hydrogen-bond donors (Lipinski definition) is 1. The molecule has 0 aliphatic carbocycles. The predicted molar refractivity (Wildman–Crippen MR) is 56.2 cm³/mol. The van der Waals surface area contributed by atoms with Gasteiger partial charge < -0.3 is 5.73 Å². The highest BCUT2D eigenvalue weighted by Gasteiger charge is 2.08. The summed E-state index contributed by atoms with van der Waals surface area (Å²) in [7, 11) is 0. The van der Waals surface area contributed by atoms with Crippen molar-refractivity contribution >= 4 is 5.69 Å². The van der Waals surface area contributed by atoms with Gasteiger partial charge in [-0.15, -0.1) is 0 Å². The molecule has 2 aromatic rings. The van der Waals surface area contributed by atoms with Crippen LogP contribution >= 0.6 is 0 Å². The second-order valence-electron chi connectivity index (χ2n) is 3.37. The molecule has 16 heavy (non-hydrogen) atoms. The van der Waals surface area contributed by atoms with Gasteiger partial charge in [0.05, 0.1) is 0 Å². The second kappa shape index (κ2) is 3.89. The summed E-state index contributed by atoms with van der Waals surface area (Å²) in [4.78, 5) is 0. The first kappa shape index (κ1) is 10.5. The van der Waals surface area contributed by atoms with Gasteiger partial charge in [0, 0.05) is 11.3 Å². The maximum Gasteiger partial charge on any atom is 0.159 e. The summed E-state index contributed by atoms with van der Waals surface area (Å²) in [6, 6.07) is 7.28. The third-order valence-electron chi connectivity index (χ3n) is 2.22. The van der Waals surface area contributed by atoms with Crippen LogP contribution in [0.1, 0.15) is 0 Å². The monoisotopic (exact) mass is 223 g/mol. The molecule has 1 nitrogen and oxygen atoms in total. The molecule has 0 aliphatic rings. The maximum atomic E-state index is 13.5. The lowest BCUT2D eigenvalue weighted by molar-refractivity contribution is 0.509. The first-order valence-corrected chi connectivity index (χ1v) is 4.58. The van der Waals surface area contributed by atoms with E-state index in [9.17, 15) is 13.2 Å². The number of halogens is 3. The Bertz CT molecular complexity index is 538. The Balaban J connectivity index is 2.54. The Morgan fingerprint density at radius 2 is 1.50 bits per heavy atom. The lowest BCUT2D eigenvalue weighted by Crippen LogP contribution is -1.91. The normalized spacial score (nSPS) is 10.4. The van der Waals surface area contributed by atoms with Gasteiger partial charge in [-0.2, -0.15) is 0 Å². The molecule has 0 amide bonds. The molecule has 0 saturated heterocycles. The molecule has 2 rings (SSSR count). The van der Waals surface area contributed by atoms with E-state index in [0.29, 0.717) is 0 Å². The minimum atomic E-state index is -1.01. The van der Waals surface area contributed by atoms with Gasteiger partial charge in [0.15, 0.2) is 11.6 Å². The van der Waals surface area contributed by atoms with Crippen molar-refractivity contribution in [3.05, 3.63) is 53.8 Å². The molecule has 0 heterocycles. The molecule has 82 valence electrons. The van der Waals surface area contributed by atoms with Crippen LogP contribution in [0.15, 0.2) is 36.4 Å². The number of anilines is 1. The fraction of sp³-hybridized carbons (Fsp3) is 0. The van der Waals surface area contributed by atoms with Gasteiger partial charge in [0.25, 0.3) is 0 Å². The van der Waals surface area contributed by atoms with Crippen LogP contribution in [0.25, 0.3) is 11.1 Å². The standard InChI is InChI=1S/C12H8F3N/c13-10-4-1-7(5-12(10)15)9-3-2-8(16)6-11(9)14/h1-6H,16H2. The van der Waals surface area contributed by atoms with Gasteiger partial charge in [-0.25, -0.2) is 13.2 Å². The van der Waals surface area contributed by atoms with Crippen LogP contribution in [-0.4, -0.2) is 0 Å². The minimum absolute atomic E-state index is 0.188. The van der Waals surface area contributed by atoms with E-state index in [2.05, 4.69) is 0 Å². The number of hydrogen-bond acceptors (Lipinski definition) is 1. The third kappa shape index (κ3) is 1.86. The Kier molecular flexibility index (Phi) is 2.56. The first-order chi connectivity index (χ1) is 7.58. The summed E-state index contributed by atoms with van der Waals surface area (Å²) >= 11 is 0. The molecular formula is C12H8F3N. The highest BCUT2D eigenvalue weighted by Crippen LogP contribution is 2.25. The predicted octanol–water partition coefficient (Wildman–Crippen LogP) is 3.35. The molecule has 2 aromatic carbocycles. The van der Waals surface area contributed by atoms with Crippen LogP contribution in [-0.2, 0) is 0 Å². The van der Waals surface area contributed by atoms with Crippen molar-refractivity contribution in [3.63, 3.8) is 0 Å². The highest BCUT2D eigenvalue weighted by atomic mass is 19.2. The van der Waals surface area contributed by atoms with E-state index >= 15 is 0 Å². The summed E-state index contributed by atoms with van der Waals surface area (Å²) in [5.74, 6) is -2.53. The summed E-state index contributed by atoms with van der Waals surface area (Å²) in [6.45, 7) is 0. The molecule has 0 unspecified atom stereocenters. The molecule has 0 aromatic heterocycles. The zero-order chi connectivity index (χ0) is 11.7. The zero-order valence-electron chi connectivity index (χ0n) is 8.18. The zero-order valence-corrected chi connectivity index (χ0v) is 8.18. The first-order valence-electron chi connectivity index (χ1n) is 4.58. The van der Waals surface area contributed by atoms with Gasteiger partial charge in [-0.05, 0) is 35.9 Å². The molecule has 4 heteroatoms. The molecule has 0 spiro atoms. The number of rotatable bonds is 1. The molecule has 0 atom stereocenters. The van der Waals surface area contributed by atoms with Gasteiger partial charge in [0.1, 0.15) is 5.82 Å². The summed E-state index contributed by atoms with van der Waals surface area (Å²) in [6.07, 6.45) is 0. The lowest BCUT2D eigenvalue weighted by Gasteiger charge is -2.04. The summed E-state index contributed by atoms with van der Waals surface area (Å²) in [5, 5.41) is 0. The Morgan fingerprint density at radius 1 is 0.750 bits per heavy atom. The highest BCUT2D eigenvalue weighted by molar-refractivity contribution is 5.66. The molecule has 0 aliphatic heterocycles. The minimum Gasteiger partial charge on any atom is -0.399 e. The van der Waals surface area contributed by atoms with Crippen LogP contribution < -0.4 is 5.73 Å². The van der Waals surface area contributed by atoms with Crippen molar-refractivity contribution in [2.45, 2.75) is 0 Å². The number of nitrogens with two attached hydrogens (primary N) is 1. The average molecular weight is 223 g/mol. The van der Waals surface area contributed by atoms with Crippen molar-refractivity contribution in [1.82, 2.24) is 0 Å². The molecule has 0 radical (unpaired) electrons.